The number of hydrogen-bond donors (Lipinski definition) is 2. The fourth-order valence-corrected chi connectivity index (χ4v) is 3.80. The van der Waals surface area contributed by atoms with Gasteiger partial charge in [0.1, 0.15) is 10.8 Å². The average molecular weight is 389 g/mol. The summed E-state index contributed by atoms with van der Waals surface area (Å²) in [6, 6.07) is 9.77. The largest absolute Gasteiger partial charge is 0.389 e. The summed E-state index contributed by atoms with van der Waals surface area (Å²) in [7, 11) is -3.89. The van der Waals surface area contributed by atoms with Crippen molar-refractivity contribution in [3.05, 3.63) is 58.3 Å². The molecule has 2 aromatic rings. The smallest absolute Gasteiger partial charge is 0.262 e. The van der Waals surface area contributed by atoms with Gasteiger partial charge in [-0.25, -0.2) is 12.8 Å². The monoisotopic (exact) mass is 388 g/mol. The van der Waals surface area contributed by atoms with Gasteiger partial charge in [-0.3, -0.25) is 4.72 Å². The minimum absolute atomic E-state index is 0.0193. The summed E-state index contributed by atoms with van der Waals surface area (Å²) in [4.78, 5) is -0.0529. The fraction of sp³-hybridized carbons (Fsp3) is 0. The summed E-state index contributed by atoms with van der Waals surface area (Å²) in [6.07, 6.45) is 0. The van der Waals surface area contributed by atoms with E-state index < -0.39 is 15.8 Å². The second-order valence-electron chi connectivity index (χ2n) is 4.09. The quantitative estimate of drug-likeness (QED) is 0.789. The highest BCUT2D eigenvalue weighted by Gasteiger charge is 2.20. The van der Waals surface area contributed by atoms with Crippen LogP contribution in [0.1, 0.15) is 5.56 Å². The first-order chi connectivity index (χ1) is 9.81. The predicted molar refractivity (Wildman–Crippen MR) is 87.2 cm³/mol. The zero-order valence-corrected chi connectivity index (χ0v) is 13.7. The maximum atomic E-state index is 13.0. The van der Waals surface area contributed by atoms with Gasteiger partial charge in [0.15, 0.2) is 0 Å². The predicted octanol–water partition coefficient (Wildman–Crippen LogP) is 3.02. The zero-order chi connectivity index (χ0) is 15.6. The normalized spacial score (nSPS) is 11.1. The molecule has 110 valence electrons. The van der Waals surface area contributed by atoms with E-state index in [1.165, 1.54) is 18.2 Å². The molecule has 0 aliphatic heterocycles. The highest BCUT2D eigenvalue weighted by Crippen LogP contribution is 2.26. The molecule has 8 heteroatoms. The van der Waals surface area contributed by atoms with Crippen LogP contribution in [0.3, 0.4) is 0 Å². The van der Waals surface area contributed by atoms with E-state index in [2.05, 4.69) is 20.7 Å². The van der Waals surface area contributed by atoms with E-state index in [0.717, 1.165) is 12.1 Å². The van der Waals surface area contributed by atoms with Crippen LogP contribution >= 0.6 is 28.1 Å². The molecule has 0 aliphatic rings. The van der Waals surface area contributed by atoms with Crippen molar-refractivity contribution < 1.29 is 12.8 Å². The summed E-state index contributed by atoms with van der Waals surface area (Å²) < 4.78 is 40.5. The van der Waals surface area contributed by atoms with Gasteiger partial charge in [-0.2, -0.15) is 0 Å². The summed E-state index contributed by atoms with van der Waals surface area (Å²) in [5.74, 6) is -0.478. The molecule has 0 amide bonds. The maximum absolute atomic E-state index is 13.0. The van der Waals surface area contributed by atoms with Gasteiger partial charge >= 0.3 is 0 Å². The van der Waals surface area contributed by atoms with Crippen molar-refractivity contribution in [3.8, 4) is 0 Å². The fourth-order valence-electron chi connectivity index (χ4n) is 1.68. The minimum Gasteiger partial charge on any atom is -0.389 e. The van der Waals surface area contributed by atoms with Crippen LogP contribution in [0.5, 0.6) is 0 Å². The van der Waals surface area contributed by atoms with E-state index in [1.54, 1.807) is 12.1 Å². The number of hydrogen-bond acceptors (Lipinski definition) is 3. The van der Waals surface area contributed by atoms with Crippen LogP contribution in [0.4, 0.5) is 10.1 Å². The Morgan fingerprint density at radius 1 is 1.24 bits per heavy atom. The number of halogens is 2. The number of nitrogens with one attached hydrogen (secondary N) is 1. The lowest BCUT2D eigenvalue weighted by atomic mass is 10.2. The van der Waals surface area contributed by atoms with E-state index in [0.29, 0.717) is 4.47 Å². The van der Waals surface area contributed by atoms with Crippen LogP contribution in [0, 0.1) is 5.82 Å². The van der Waals surface area contributed by atoms with Gasteiger partial charge in [0, 0.05) is 10.0 Å². The van der Waals surface area contributed by atoms with Crippen molar-refractivity contribution in [3.63, 3.8) is 0 Å². The first-order valence-corrected chi connectivity index (χ1v) is 8.36. The Hall–Kier alpha value is -1.51. The Kier molecular flexibility index (Phi) is 4.60. The van der Waals surface area contributed by atoms with Gasteiger partial charge in [-0.15, -0.1) is 0 Å². The lowest BCUT2D eigenvalue weighted by Gasteiger charge is -2.12. The molecular formula is C13H10BrFN2O2S2. The van der Waals surface area contributed by atoms with Crippen LogP contribution in [-0.2, 0) is 10.0 Å². The zero-order valence-electron chi connectivity index (χ0n) is 10.5. The van der Waals surface area contributed by atoms with E-state index in [1.807, 2.05) is 0 Å². The van der Waals surface area contributed by atoms with Gasteiger partial charge < -0.3 is 5.73 Å². The third kappa shape index (κ3) is 3.58. The van der Waals surface area contributed by atoms with Gasteiger partial charge in [0.2, 0.25) is 0 Å². The van der Waals surface area contributed by atoms with Crippen LogP contribution in [0.15, 0.2) is 51.8 Å². The molecule has 0 aliphatic carbocycles. The van der Waals surface area contributed by atoms with Gasteiger partial charge in [0.05, 0.1) is 10.6 Å². The number of rotatable bonds is 4. The Bertz CT molecular complexity index is 810. The van der Waals surface area contributed by atoms with Crippen molar-refractivity contribution in [2.75, 3.05) is 4.72 Å². The molecule has 0 spiro atoms. The van der Waals surface area contributed by atoms with Gasteiger partial charge in [-0.05, 0) is 40.2 Å². The molecule has 0 unspecified atom stereocenters. The molecule has 0 saturated carbocycles. The van der Waals surface area contributed by atoms with Crippen molar-refractivity contribution >= 4 is 48.8 Å². The molecule has 0 bridgehead atoms. The molecule has 0 radical (unpaired) electrons. The second kappa shape index (κ2) is 6.08. The summed E-state index contributed by atoms with van der Waals surface area (Å²) in [5.41, 5.74) is 6.00. The molecule has 0 saturated heterocycles. The van der Waals surface area contributed by atoms with E-state index >= 15 is 0 Å². The molecule has 21 heavy (non-hydrogen) atoms. The third-order valence-electron chi connectivity index (χ3n) is 2.62. The van der Waals surface area contributed by atoms with Crippen LogP contribution < -0.4 is 10.5 Å². The third-order valence-corrected chi connectivity index (χ3v) is 4.92. The Morgan fingerprint density at radius 2 is 1.90 bits per heavy atom. The van der Waals surface area contributed by atoms with Crippen molar-refractivity contribution in [2.24, 2.45) is 5.73 Å². The van der Waals surface area contributed by atoms with Crippen molar-refractivity contribution in [1.82, 2.24) is 0 Å². The summed E-state index contributed by atoms with van der Waals surface area (Å²) in [6.45, 7) is 0. The lowest BCUT2D eigenvalue weighted by Crippen LogP contribution is -2.19. The molecule has 0 aromatic heterocycles. The number of thiocarbonyl (C=S) groups is 1. The molecule has 2 aromatic carbocycles. The maximum Gasteiger partial charge on any atom is 0.262 e. The lowest BCUT2D eigenvalue weighted by molar-refractivity contribution is 0.600. The van der Waals surface area contributed by atoms with Crippen molar-refractivity contribution in [1.29, 1.82) is 0 Å². The summed E-state index contributed by atoms with van der Waals surface area (Å²) in [5, 5.41) is 0. The van der Waals surface area contributed by atoms with E-state index in [4.69, 9.17) is 18.0 Å². The first kappa shape index (κ1) is 15.9. The number of anilines is 1. The minimum atomic E-state index is -3.89. The first-order valence-electron chi connectivity index (χ1n) is 5.68. The molecule has 0 fully saturated rings. The average Bonchev–Trinajstić information content (AvgIpc) is 2.42. The molecule has 0 atom stereocenters. The van der Waals surface area contributed by atoms with Gasteiger partial charge in [-0.1, -0.05) is 30.4 Å². The molecular weight excluding hydrogens is 379 g/mol. The molecule has 4 nitrogen and oxygen atoms in total. The Morgan fingerprint density at radius 3 is 2.52 bits per heavy atom. The SMILES string of the molecule is NC(=S)c1ccccc1S(=O)(=O)Nc1ccc(F)cc1Br. The second-order valence-corrected chi connectivity index (χ2v) is 7.04. The van der Waals surface area contributed by atoms with Gasteiger partial charge in [0.25, 0.3) is 10.0 Å². The Balaban J connectivity index is 2.46. The van der Waals surface area contributed by atoms with Crippen LogP contribution in [-0.4, -0.2) is 13.4 Å². The number of sulfonamides is 1. The highest BCUT2D eigenvalue weighted by atomic mass is 79.9. The van der Waals surface area contributed by atoms with E-state index in [-0.39, 0.29) is 21.1 Å². The number of nitrogens with two attached hydrogens (primary N) is 1. The van der Waals surface area contributed by atoms with Crippen molar-refractivity contribution in [2.45, 2.75) is 4.90 Å². The standard InChI is InChI=1S/C13H10BrFN2O2S2/c14-10-7-8(15)5-6-11(10)17-21(18,19)12-4-2-1-3-9(12)13(16)20/h1-7,17H,(H2,16,20). The Labute approximate surface area is 135 Å². The van der Waals surface area contributed by atoms with E-state index in [9.17, 15) is 12.8 Å². The molecule has 2 rings (SSSR count). The topological polar surface area (TPSA) is 72.2 Å². The molecule has 0 heterocycles. The number of benzene rings is 2. The van der Waals surface area contributed by atoms with Crippen LogP contribution in [0.2, 0.25) is 0 Å². The molecule has 3 N–H and O–H groups in total. The highest BCUT2D eigenvalue weighted by molar-refractivity contribution is 9.10. The summed E-state index contributed by atoms with van der Waals surface area (Å²) >= 11 is 7.95. The van der Waals surface area contributed by atoms with Crippen LogP contribution in [0.25, 0.3) is 0 Å².